The van der Waals surface area contributed by atoms with Gasteiger partial charge in [-0.1, -0.05) is 70.0 Å². The number of anilines is 1. The van der Waals surface area contributed by atoms with Crippen molar-refractivity contribution in [3.8, 4) is 5.75 Å². The summed E-state index contributed by atoms with van der Waals surface area (Å²) >= 11 is 7.94. The molecule has 0 saturated heterocycles. The molecule has 2 aromatic rings. The number of benzene rings is 2. The van der Waals surface area contributed by atoms with Gasteiger partial charge < -0.3 is 9.64 Å². The first-order chi connectivity index (χ1) is 19.7. The van der Waals surface area contributed by atoms with Crippen LogP contribution in [0, 0.1) is 23.7 Å². The van der Waals surface area contributed by atoms with Crippen molar-refractivity contribution in [2.45, 2.75) is 77.1 Å². The summed E-state index contributed by atoms with van der Waals surface area (Å²) in [6.07, 6.45) is 13.0. The molecule has 4 nitrogen and oxygen atoms in total. The fourth-order valence-corrected chi connectivity index (χ4v) is 8.10. The standard InChI is InChI=1S/C35H45ClN2O2S/c1-6-10-26-12-8-11-23(3)25(5)41-37-34(39)28-14-17-33-32(20-28)38(21-24(4)30(26)7-2)22-35(40-33)18-9-13-27-19-29(36)15-16-31(27)35/h6,8,12,14-17,19-20,23-26,30H,1,7,9-11,13,18,21-22H2,2-5H3,(H,37,39)/b12-8+. The lowest BCUT2D eigenvalue weighted by Gasteiger charge is -2.48. The number of hydrogen-bond donors (Lipinski definition) is 1. The van der Waals surface area contributed by atoms with Crippen LogP contribution in [0.4, 0.5) is 5.69 Å². The van der Waals surface area contributed by atoms with Crippen LogP contribution >= 0.6 is 23.5 Å². The van der Waals surface area contributed by atoms with E-state index in [1.807, 2.05) is 24.3 Å². The SMILES string of the molecule is C=CCC1/C=C/CC(C)C(C)SNC(=O)c2ccc3c(c2)N(CC(C)C1CC)CC1(CCCc2cc(Cl)ccc21)O3. The minimum Gasteiger partial charge on any atom is -0.479 e. The number of fused-ring (bicyclic) bond motifs is 3. The Hall–Kier alpha value is -2.37. The molecule has 2 heterocycles. The third kappa shape index (κ3) is 6.37. The molecule has 3 aliphatic rings. The molecule has 1 N–H and O–H groups in total. The number of allylic oxidation sites excluding steroid dienone is 3. The monoisotopic (exact) mass is 592 g/mol. The molecule has 220 valence electrons. The van der Waals surface area contributed by atoms with E-state index in [-0.39, 0.29) is 5.91 Å². The number of nitrogens with zero attached hydrogens (tertiary/aromatic N) is 1. The summed E-state index contributed by atoms with van der Waals surface area (Å²) in [5.41, 5.74) is 3.79. The Labute approximate surface area is 256 Å². The summed E-state index contributed by atoms with van der Waals surface area (Å²) in [5.74, 6) is 2.66. The van der Waals surface area contributed by atoms with Gasteiger partial charge >= 0.3 is 0 Å². The lowest BCUT2D eigenvalue weighted by atomic mass is 9.76. The maximum absolute atomic E-state index is 13.3. The maximum atomic E-state index is 13.3. The average Bonchev–Trinajstić information content (AvgIpc) is 2.95. The van der Waals surface area contributed by atoms with E-state index in [2.05, 4.69) is 74.3 Å². The second-order valence-electron chi connectivity index (χ2n) is 12.4. The lowest BCUT2D eigenvalue weighted by molar-refractivity contribution is 0.0429. The fraction of sp³-hybridized carbons (Fsp3) is 0.514. The highest BCUT2D eigenvalue weighted by molar-refractivity contribution is 7.98. The van der Waals surface area contributed by atoms with Gasteiger partial charge in [-0.3, -0.25) is 9.52 Å². The van der Waals surface area contributed by atoms with Gasteiger partial charge in [-0.25, -0.2) is 0 Å². The van der Waals surface area contributed by atoms with Crippen LogP contribution in [-0.4, -0.2) is 24.2 Å². The third-order valence-corrected chi connectivity index (χ3v) is 11.0. The molecular formula is C35H45ClN2O2S. The Morgan fingerprint density at radius 2 is 2.02 bits per heavy atom. The average molecular weight is 593 g/mol. The van der Waals surface area contributed by atoms with Crippen molar-refractivity contribution in [3.05, 3.63) is 82.9 Å². The van der Waals surface area contributed by atoms with Crippen LogP contribution in [0.3, 0.4) is 0 Å². The highest BCUT2D eigenvalue weighted by atomic mass is 35.5. The normalized spacial score (nSPS) is 31.1. The molecule has 2 aliphatic heterocycles. The molecule has 6 unspecified atom stereocenters. The molecule has 0 radical (unpaired) electrons. The van der Waals surface area contributed by atoms with Crippen LogP contribution < -0.4 is 14.4 Å². The summed E-state index contributed by atoms with van der Waals surface area (Å²) in [6, 6.07) is 12.2. The number of aryl methyl sites for hydroxylation is 1. The molecule has 1 amide bonds. The van der Waals surface area contributed by atoms with Crippen molar-refractivity contribution in [2.75, 3.05) is 18.0 Å². The van der Waals surface area contributed by atoms with Gasteiger partial charge in [0, 0.05) is 27.9 Å². The van der Waals surface area contributed by atoms with E-state index in [1.54, 1.807) is 0 Å². The summed E-state index contributed by atoms with van der Waals surface area (Å²) < 4.78 is 10.1. The fourth-order valence-electron chi connectivity index (χ4n) is 7.15. The van der Waals surface area contributed by atoms with Crippen LogP contribution in [0.15, 0.2) is 61.2 Å². The van der Waals surface area contributed by atoms with E-state index >= 15 is 0 Å². The predicted molar refractivity (Wildman–Crippen MR) is 174 cm³/mol. The first-order valence-corrected chi connectivity index (χ1v) is 16.6. The van der Waals surface area contributed by atoms with Crippen molar-refractivity contribution >= 4 is 35.1 Å². The van der Waals surface area contributed by atoms with E-state index in [0.29, 0.717) is 34.5 Å². The van der Waals surface area contributed by atoms with Gasteiger partial charge in [0.2, 0.25) is 0 Å². The van der Waals surface area contributed by atoms with Crippen molar-refractivity contribution < 1.29 is 9.53 Å². The number of ether oxygens (including phenoxy) is 1. The van der Waals surface area contributed by atoms with Crippen molar-refractivity contribution in [3.63, 3.8) is 0 Å². The van der Waals surface area contributed by atoms with Crippen LogP contribution in [-0.2, 0) is 12.0 Å². The van der Waals surface area contributed by atoms with E-state index in [4.69, 9.17) is 16.3 Å². The first-order valence-electron chi connectivity index (χ1n) is 15.3. The predicted octanol–water partition coefficient (Wildman–Crippen LogP) is 8.99. The number of amides is 1. The second-order valence-corrected chi connectivity index (χ2v) is 14.1. The molecule has 0 saturated carbocycles. The molecule has 2 bridgehead atoms. The topological polar surface area (TPSA) is 41.6 Å². The lowest BCUT2D eigenvalue weighted by Crippen LogP contribution is -2.52. The zero-order valence-electron chi connectivity index (χ0n) is 25.0. The Morgan fingerprint density at radius 3 is 2.80 bits per heavy atom. The Balaban J connectivity index is 1.57. The number of halogens is 1. The zero-order chi connectivity index (χ0) is 29.1. The summed E-state index contributed by atoms with van der Waals surface area (Å²) in [7, 11) is 0. The minimum absolute atomic E-state index is 0.0529. The van der Waals surface area contributed by atoms with Crippen LogP contribution in [0.1, 0.15) is 81.3 Å². The molecule has 6 atom stereocenters. The number of carbonyl (C=O) groups is 1. The van der Waals surface area contributed by atoms with Gasteiger partial charge in [-0.2, -0.15) is 0 Å². The van der Waals surface area contributed by atoms with Gasteiger partial charge in [0.1, 0.15) is 5.75 Å². The minimum atomic E-state index is -0.431. The van der Waals surface area contributed by atoms with Gasteiger partial charge in [0.25, 0.3) is 5.91 Å². The first kappa shape index (κ1) is 30.1. The third-order valence-electron chi connectivity index (χ3n) is 9.63. The van der Waals surface area contributed by atoms with Gasteiger partial charge in [-0.05, 0) is 104 Å². The molecule has 0 aromatic heterocycles. The molecular weight excluding hydrogens is 548 g/mol. The van der Waals surface area contributed by atoms with Gasteiger partial charge in [0.05, 0.1) is 12.2 Å². The smallest absolute Gasteiger partial charge is 0.261 e. The molecule has 6 heteroatoms. The Morgan fingerprint density at radius 1 is 1.20 bits per heavy atom. The van der Waals surface area contributed by atoms with E-state index in [0.717, 1.165) is 68.1 Å². The summed E-state index contributed by atoms with van der Waals surface area (Å²) in [6.45, 7) is 14.9. The molecule has 2 aromatic carbocycles. The van der Waals surface area contributed by atoms with E-state index in [9.17, 15) is 4.79 Å². The largest absolute Gasteiger partial charge is 0.479 e. The quantitative estimate of drug-likeness (QED) is 0.285. The molecule has 41 heavy (non-hydrogen) atoms. The van der Waals surface area contributed by atoms with Crippen molar-refractivity contribution in [1.29, 1.82) is 0 Å². The zero-order valence-corrected chi connectivity index (χ0v) is 26.6. The van der Waals surface area contributed by atoms with Crippen molar-refractivity contribution in [2.24, 2.45) is 23.7 Å². The molecule has 1 aliphatic carbocycles. The molecule has 5 rings (SSSR count). The summed E-state index contributed by atoms with van der Waals surface area (Å²) in [5, 5.41) is 1.08. The van der Waals surface area contributed by atoms with E-state index < -0.39 is 5.60 Å². The number of hydrogen-bond acceptors (Lipinski definition) is 4. The maximum Gasteiger partial charge on any atom is 0.261 e. The Bertz CT molecular complexity index is 1290. The van der Waals surface area contributed by atoms with Crippen LogP contribution in [0.25, 0.3) is 0 Å². The van der Waals surface area contributed by atoms with Gasteiger partial charge in [-0.15, -0.1) is 6.58 Å². The highest BCUT2D eigenvalue weighted by Gasteiger charge is 2.45. The van der Waals surface area contributed by atoms with Crippen LogP contribution in [0.2, 0.25) is 5.02 Å². The second kappa shape index (κ2) is 12.9. The van der Waals surface area contributed by atoms with Gasteiger partial charge in [0.15, 0.2) is 5.60 Å². The number of rotatable bonds is 3. The van der Waals surface area contributed by atoms with E-state index in [1.165, 1.54) is 23.1 Å². The van der Waals surface area contributed by atoms with Crippen LogP contribution in [0.5, 0.6) is 5.75 Å². The number of nitrogens with one attached hydrogen (secondary N) is 1. The van der Waals surface area contributed by atoms with Crippen molar-refractivity contribution in [1.82, 2.24) is 4.72 Å². The molecule has 1 spiro atoms. The highest BCUT2D eigenvalue weighted by Crippen LogP contribution is 2.48. The summed E-state index contributed by atoms with van der Waals surface area (Å²) in [4.78, 5) is 15.8. The molecule has 0 fully saturated rings. The Kier molecular flexibility index (Phi) is 9.45. The number of carbonyl (C=O) groups excluding carboxylic acids is 1.